The number of aliphatic hydroxyl groups is 1. The van der Waals surface area contributed by atoms with E-state index in [9.17, 15) is 14.5 Å². The fourth-order valence-electron chi connectivity index (χ4n) is 3.45. The molecule has 148 valence electrons. The maximum absolute atomic E-state index is 12.6. The highest BCUT2D eigenvalue weighted by Crippen LogP contribution is 2.52. The zero-order chi connectivity index (χ0) is 19.0. The van der Waals surface area contributed by atoms with Crippen molar-refractivity contribution in [2.45, 2.75) is 76.7 Å². The van der Waals surface area contributed by atoms with Crippen LogP contribution < -0.4 is 11.1 Å². The summed E-state index contributed by atoms with van der Waals surface area (Å²) in [7, 11) is -1.24. The Morgan fingerprint density at radius 1 is 1.24 bits per heavy atom. The Morgan fingerprint density at radius 3 is 2.28 bits per heavy atom. The Labute approximate surface area is 151 Å². The first-order chi connectivity index (χ1) is 11.7. The molecule has 7 nitrogen and oxygen atoms in total. The van der Waals surface area contributed by atoms with Crippen molar-refractivity contribution in [1.82, 2.24) is 5.32 Å². The molecular formula is C17H35N2O5P. The quantitative estimate of drug-likeness (QED) is 0.504. The summed E-state index contributed by atoms with van der Waals surface area (Å²) in [6, 6.07) is -1.37. The van der Waals surface area contributed by atoms with Crippen molar-refractivity contribution in [1.29, 1.82) is 0 Å². The molecule has 1 amide bonds. The van der Waals surface area contributed by atoms with Gasteiger partial charge < -0.3 is 25.2 Å². The van der Waals surface area contributed by atoms with Gasteiger partial charge in [-0.05, 0) is 24.7 Å². The van der Waals surface area contributed by atoms with Gasteiger partial charge >= 0.3 is 7.60 Å². The van der Waals surface area contributed by atoms with Crippen molar-refractivity contribution in [3.05, 3.63) is 0 Å². The van der Waals surface area contributed by atoms with Crippen LogP contribution in [0.3, 0.4) is 0 Å². The third kappa shape index (κ3) is 6.99. The van der Waals surface area contributed by atoms with E-state index in [1.54, 1.807) is 0 Å². The molecule has 0 aromatic carbocycles. The zero-order valence-corrected chi connectivity index (χ0v) is 16.8. The minimum atomic E-state index is -3.71. The van der Waals surface area contributed by atoms with Gasteiger partial charge in [0, 0.05) is 14.2 Å². The number of nitrogens with one attached hydrogen (secondary N) is 1. The average molecular weight is 378 g/mol. The van der Waals surface area contributed by atoms with E-state index in [4.69, 9.17) is 14.8 Å². The monoisotopic (exact) mass is 378 g/mol. The molecule has 8 heteroatoms. The maximum atomic E-state index is 12.6. The van der Waals surface area contributed by atoms with E-state index in [0.29, 0.717) is 18.8 Å². The minimum absolute atomic E-state index is 0.284. The standard InChI is InChI=1S/C17H35N2O5P/c1-12(2)10-14(18)16(20)19-15(11-13-8-6-5-7-9-13)17(21)25(22,23-3)24-4/h12-15,17,21H,5-11,18H2,1-4H3,(H,19,20)/t14-,15-,17?/m0/s1. The van der Waals surface area contributed by atoms with Crippen LogP contribution in [-0.2, 0) is 18.4 Å². The average Bonchev–Trinajstić information content (AvgIpc) is 2.60. The third-order valence-electron chi connectivity index (χ3n) is 4.89. The summed E-state index contributed by atoms with van der Waals surface area (Å²) in [4.78, 5) is 12.4. The summed E-state index contributed by atoms with van der Waals surface area (Å²) in [5.41, 5.74) is 5.95. The van der Waals surface area contributed by atoms with Crippen molar-refractivity contribution in [3.8, 4) is 0 Å². The van der Waals surface area contributed by atoms with E-state index in [1.807, 2.05) is 13.8 Å². The lowest BCUT2D eigenvalue weighted by atomic mass is 9.85. The van der Waals surface area contributed by atoms with Crippen LogP contribution in [-0.4, -0.2) is 43.2 Å². The molecule has 0 radical (unpaired) electrons. The largest absolute Gasteiger partial charge is 0.379 e. The molecule has 0 heterocycles. The Bertz CT molecular complexity index is 446. The molecule has 0 spiro atoms. The first-order valence-electron chi connectivity index (χ1n) is 9.18. The van der Waals surface area contributed by atoms with E-state index >= 15 is 0 Å². The molecule has 1 rings (SSSR count). The van der Waals surface area contributed by atoms with Crippen molar-refractivity contribution >= 4 is 13.5 Å². The number of hydrogen-bond acceptors (Lipinski definition) is 6. The topological polar surface area (TPSA) is 111 Å². The molecule has 1 aliphatic rings. The van der Waals surface area contributed by atoms with Crippen LogP contribution in [0.4, 0.5) is 0 Å². The fourth-order valence-corrected chi connectivity index (χ4v) is 4.67. The molecule has 3 atom stereocenters. The minimum Gasteiger partial charge on any atom is -0.379 e. The second-order valence-corrected chi connectivity index (χ2v) is 9.75. The summed E-state index contributed by atoms with van der Waals surface area (Å²) in [5.74, 6) is -1.10. The van der Waals surface area contributed by atoms with Gasteiger partial charge in [0.05, 0.1) is 12.1 Å². The van der Waals surface area contributed by atoms with Crippen molar-refractivity contribution < 1.29 is 23.5 Å². The molecule has 0 aromatic heterocycles. The number of amides is 1. The molecule has 0 saturated heterocycles. The Kier molecular flexibility index (Phi) is 9.60. The van der Waals surface area contributed by atoms with Gasteiger partial charge in [-0.3, -0.25) is 9.36 Å². The van der Waals surface area contributed by atoms with Gasteiger partial charge in [0.1, 0.15) is 0 Å². The number of nitrogens with two attached hydrogens (primary N) is 1. The molecule has 4 N–H and O–H groups in total. The predicted molar refractivity (Wildman–Crippen MR) is 98.2 cm³/mol. The van der Waals surface area contributed by atoms with Crippen molar-refractivity contribution in [2.24, 2.45) is 17.6 Å². The van der Waals surface area contributed by atoms with Gasteiger partial charge in [-0.1, -0.05) is 46.0 Å². The lowest BCUT2D eigenvalue weighted by molar-refractivity contribution is -0.124. The highest BCUT2D eigenvalue weighted by molar-refractivity contribution is 7.54. The van der Waals surface area contributed by atoms with Gasteiger partial charge in [0.15, 0.2) is 5.85 Å². The number of rotatable bonds is 10. The molecule has 1 unspecified atom stereocenters. The Morgan fingerprint density at radius 2 is 1.80 bits per heavy atom. The van der Waals surface area contributed by atoms with Gasteiger partial charge in [-0.25, -0.2) is 0 Å². The summed E-state index contributed by atoms with van der Waals surface area (Å²) in [6.45, 7) is 3.98. The molecule has 0 bridgehead atoms. The highest BCUT2D eigenvalue weighted by atomic mass is 31.2. The zero-order valence-electron chi connectivity index (χ0n) is 15.9. The Balaban J connectivity index is 2.86. The van der Waals surface area contributed by atoms with Crippen molar-refractivity contribution in [2.75, 3.05) is 14.2 Å². The first kappa shape index (κ1) is 22.6. The summed E-state index contributed by atoms with van der Waals surface area (Å²) in [6.07, 6.45) is 6.66. The Hall–Kier alpha value is -0.460. The first-order valence-corrected chi connectivity index (χ1v) is 10.8. The van der Waals surface area contributed by atoms with Crippen LogP contribution in [0, 0.1) is 11.8 Å². The van der Waals surface area contributed by atoms with Crippen LogP contribution in [0.5, 0.6) is 0 Å². The molecule has 1 aliphatic carbocycles. The van der Waals surface area contributed by atoms with Gasteiger partial charge in [-0.2, -0.15) is 0 Å². The second-order valence-electron chi connectivity index (χ2n) is 7.41. The summed E-state index contributed by atoms with van der Waals surface area (Å²) >= 11 is 0. The fraction of sp³-hybridized carbons (Fsp3) is 0.941. The van der Waals surface area contributed by atoms with E-state index < -0.39 is 25.5 Å². The van der Waals surface area contributed by atoms with Crippen molar-refractivity contribution in [3.63, 3.8) is 0 Å². The normalized spacial score (nSPS) is 20.3. The lowest BCUT2D eigenvalue weighted by Gasteiger charge is -2.32. The highest BCUT2D eigenvalue weighted by Gasteiger charge is 2.40. The number of hydrogen-bond donors (Lipinski definition) is 3. The van der Waals surface area contributed by atoms with Gasteiger partial charge in [-0.15, -0.1) is 0 Å². The summed E-state index contributed by atoms with van der Waals surface area (Å²) < 4.78 is 22.4. The SMILES string of the molecule is COP(=O)(OC)C(O)[C@H](CC1CCCCC1)NC(=O)[C@@H](N)CC(C)C. The van der Waals surface area contributed by atoms with Gasteiger partial charge in [0.25, 0.3) is 0 Å². The molecule has 0 aromatic rings. The van der Waals surface area contributed by atoms with Crippen LogP contribution in [0.25, 0.3) is 0 Å². The number of carbonyl (C=O) groups is 1. The van der Waals surface area contributed by atoms with Crippen LogP contribution in [0.15, 0.2) is 0 Å². The van der Waals surface area contributed by atoms with E-state index in [1.165, 1.54) is 20.6 Å². The smallest absolute Gasteiger partial charge is 0.360 e. The molecule has 0 aliphatic heterocycles. The maximum Gasteiger partial charge on any atom is 0.360 e. The van der Waals surface area contributed by atoms with Gasteiger partial charge in [0.2, 0.25) is 5.91 Å². The molecule has 1 saturated carbocycles. The van der Waals surface area contributed by atoms with E-state index in [-0.39, 0.29) is 11.8 Å². The van der Waals surface area contributed by atoms with Crippen LogP contribution in [0.1, 0.15) is 58.8 Å². The lowest BCUT2D eigenvalue weighted by Crippen LogP contribution is -2.51. The number of aliphatic hydroxyl groups excluding tert-OH is 1. The van der Waals surface area contributed by atoms with E-state index in [2.05, 4.69) is 5.32 Å². The molecule has 1 fully saturated rings. The van der Waals surface area contributed by atoms with Crippen LogP contribution >= 0.6 is 7.60 Å². The second kappa shape index (κ2) is 10.6. The predicted octanol–water partition coefficient (Wildman–Crippen LogP) is 2.62. The van der Waals surface area contributed by atoms with E-state index in [0.717, 1.165) is 25.7 Å². The molecular weight excluding hydrogens is 343 g/mol. The summed E-state index contributed by atoms with van der Waals surface area (Å²) in [5, 5.41) is 13.4. The van der Waals surface area contributed by atoms with Crippen LogP contribution in [0.2, 0.25) is 0 Å². The molecule has 25 heavy (non-hydrogen) atoms. The third-order valence-corrected chi connectivity index (χ3v) is 6.92. The number of carbonyl (C=O) groups excluding carboxylic acids is 1.